The molecule has 10 heteroatoms. The van der Waals surface area contributed by atoms with Gasteiger partial charge in [-0.3, -0.25) is 4.40 Å². The molecule has 9 nitrogen and oxygen atoms in total. The summed E-state index contributed by atoms with van der Waals surface area (Å²) in [4.78, 5) is 7.51. The Balaban J connectivity index is 1.40. The second kappa shape index (κ2) is 7.33. The number of sulfonamides is 1. The van der Waals surface area contributed by atoms with Gasteiger partial charge in [0.2, 0.25) is 10.0 Å². The molecule has 1 aliphatic heterocycles. The molecule has 3 aromatic rings. The zero-order valence-electron chi connectivity index (χ0n) is 16.4. The molecule has 0 amide bonds. The van der Waals surface area contributed by atoms with Crippen LogP contribution in [0.2, 0.25) is 0 Å². The van der Waals surface area contributed by atoms with Gasteiger partial charge in [0.1, 0.15) is 5.82 Å². The molecule has 0 bridgehead atoms. The van der Waals surface area contributed by atoms with Crippen molar-refractivity contribution in [3.8, 4) is 0 Å². The van der Waals surface area contributed by atoms with Gasteiger partial charge in [0.25, 0.3) is 0 Å². The highest BCUT2D eigenvalue weighted by Gasteiger charge is 2.39. The number of hydrogen-bond acceptors (Lipinski definition) is 6. The Bertz CT molecular complexity index is 1120. The van der Waals surface area contributed by atoms with Gasteiger partial charge in [0, 0.05) is 24.8 Å². The SMILES string of the molecule is CC[C@@H]1C[C@H](NS(=O)(=O)CC2CCCO2)C[C@@H]1c1nnc2cnc3[nH]ccc3n12. The van der Waals surface area contributed by atoms with Crippen LogP contribution in [0, 0.1) is 5.92 Å². The van der Waals surface area contributed by atoms with Crippen LogP contribution in [0.25, 0.3) is 16.8 Å². The van der Waals surface area contributed by atoms with Crippen LogP contribution in [0.15, 0.2) is 18.5 Å². The molecule has 0 aromatic carbocycles. The third-order valence-corrected chi connectivity index (χ3v) is 7.80. The van der Waals surface area contributed by atoms with Gasteiger partial charge in [0.05, 0.1) is 23.6 Å². The van der Waals surface area contributed by atoms with E-state index in [1.54, 1.807) is 6.20 Å². The smallest absolute Gasteiger partial charge is 0.214 e. The lowest BCUT2D eigenvalue weighted by atomic mass is 9.93. The van der Waals surface area contributed by atoms with Crippen LogP contribution in [0.4, 0.5) is 0 Å². The van der Waals surface area contributed by atoms with Crippen molar-refractivity contribution >= 4 is 26.8 Å². The number of ether oxygens (including phenoxy) is 1. The number of rotatable bonds is 6. The summed E-state index contributed by atoms with van der Waals surface area (Å²) < 4.78 is 35.8. The Hall–Kier alpha value is -2.04. The number of nitrogens with one attached hydrogen (secondary N) is 2. The number of aromatic nitrogens is 5. The molecule has 2 fully saturated rings. The third-order valence-electron chi connectivity index (χ3n) is 6.29. The molecule has 5 rings (SSSR count). The molecule has 156 valence electrons. The zero-order valence-corrected chi connectivity index (χ0v) is 17.2. The minimum Gasteiger partial charge on any atom is -0.377 e. The van der Waals surface area contributed by atoms with Crippen molar-refractivity contribution in [3.63, 3.8) is 0 Å². The maximum absolute atomic E-state index is 12.6. The van der Waals surface area contributed by atoms with E-state index < -0.39 is 10.0 Å². The summed E-state index contributed by atoms with van der Waals surface area (Å²) in [5, 5.41) is 8.79. The van der Waals surface area contributed by atoms with Gasteiger partial charge < -0.3 is 9.72 Å². The highest BCUT2D eigenvalue weighted by atomic mass is 32.2. The topological polar surface area (TPSA) is 114 Å². The quantitative estimate of drug-likeness (QED) is 0.633. The van der Waals surface area contributed by atoms with E-state index in [-0.39, 0.29) is 23.8 Å². The normalized spacial score (nSPS) is 28.0. The summed E-state index contributed by atoms with van der Waals surface area (Å²) in [6.45, 7) is 2.81. The van der Waals surface area contributed by atoms with Crippen molar-refractivity contribution in [1.29, 1.82) is 0 Å². The second-order valence-electron chi connectivity index (χ2n) is 8.20. The zero-order chi connectivity index (χ0) is 20.0. The van der Waals surface area contributed by atoms with Gasteiger partial charge in [-0.1, -0.05) is 13.3 Å². The molecule has 4 heterocycles. The van der Waals surface area contributed by atoms with E-state index in [9.17, 15) is 8.42 Å². The fourth-order valence-corrected chi connectivity index (χ4v) is 6.50. The van der Waals surface area contributed by atoms with E-state index in [2.05, 4.69) is 36.2 Å². The Morgan fingerprint density at radius 3 is 3.03 bits per heavy atom. The largest absolute Gasteiger partial charge is 0.377 e. The molecular weight excluding hydrogens is 392 g/mol. The molecule has 0 radical (unpaired) electrons. The number of fused-ring (bicyclic) bond motifs is 3. The van der Waals surface area contributed by atoms with Crippen LogP contribution in [-0.4, -0.2) is 57.5 Å². The first kappa shape index (κ1) is 19.0. The van der Waals surface area contributed by atoms with Crippen molar-refractivity contribution in [3.05, 3.63) is 24.3 Å². The average molecular weight is 419 g/mol. The Kier molecular flexibility index (Phi) is 4.79. The number of aromatic amines is 1. The van der Waals surface area contributed by atoms with Crippen LogP contribution in [0.1, 0.15) is 50.8 Å². The summed E-state index contributed by atoms with van der Waals surface area (Å²) in [7, 11) is -3.37. The predicted octanol–water partition coefficient (Wildman–Crippen LogP) is 1.98. The monoisotopic (exact) mass is 418 g/mol. The van der Waals surface area contributed by atoms with Crippen molar-refractivity contribution in [2.75, 3.05) is 12.4 Å². The molecule has 1 aliphatic carbocycles. The van der Waals surface area contributed by atoms with E-state index in [0.717, 1.165) is 49.1 Å². The maximum atomic E-state index is 12.6. The summed E-state index contributed by atoms with van der Waals surface area (Å²) >= 11 is 0. The lowest BCUT2D eigenvalue weighted by Gasteiger charge is -2.16. The Morgan fingerprint density at radius 2 is 2.24 bits per heavy atom. The summed E-state index contributed by atoms with van der Waals surface area (Å²) in [6, 6.07) is 1.88. The molecule has 1 saturated heterocycles. The lowest BCUT2D eigenvalue weighted by Crippen LogP contribution is -2.38. The first-order chi connectivity index (χ1) is 14.0. The van der Waals surface area contributed by atoms with E-state index in [4.69, 9.17) is 4.74 Å². The highest BCUT2D eigenvalue weighted by molar-refractivity contribution is 7.89. The molecule has 3 aromatic heterocycles. The predicted molar refractivity (Wildman–Crippen MR) is 108 cm³/mol. The number of H-pyrrole nitrogens is 1. The van der Waals surface area contributed by atoms with E-state index in [1.807, 2.05) is 12.3 Å². The van der Waals surface area contributed by atoms with E-state index in [0.29, 0.717) is 18.2 Å². The fourth-order valence-electron chi connectivity index (χ4n) is 4.95. The lowest BCUT2D eigenvalue weighted by molar-refractivity contribution is 0.127. The molecule has 0 spiro atoms. The average Bonchev–Trinajstić information content (AvgIpc) is 3.45. The van der Waals surface area contributed by atoms with Gasteiger partial charge in [0.15, 0.2) is 11.3 Å². The van der Waals surface area contributed by atoms with Crippen LogP contribution in [-0.2, 0) is 14.8 Å². The van der Waals surface area contributed by atoms with Crippen LogP contribution < -0.4 is 4.72 Å². The van der Waals surface area contributed by atoms with Crippen molar-refractivity contribution in [1.82, 2.24) is 29.3 Å². The van der Waals surface area contributed by atoms with Crippen LogP contribution >= 0.6 is 0 Å². The van der Waals surface area contributed by atoms with Crippen molar-refractivity contribution in [2.45, 2.75) is 57.1 Å². The standard InChI is InChI=1S/C19H26N6O3S/c1-2-12-8-13(24-29(26,27)11-14-4-3-7-28-14)9-15(12)19-23-22-17-10-21-18-16(25(17)19)5-6-20-18/h5-6,10,12-15,20,24H,2-4,7-9,11H2,1H3/t12-,13+,14?,15+/m1/s1. The third kappa shape index (κ3) is 3.53. The van der Waals surface area contributed by atoms with Gasteiger partial charge in [-0.05, 0) is 37.7 Å². The van der Waals surface area contributed by atoms with Crippen LogP contribution in [0.3, 0.4) is 0 Å². The first-order valence-electron chi connectivity index (χ1n) is 10.3. The fraction of sp³-hybridized carbons (Fsp3) is 0.632. The highest BCUT2D eigenvalue weighted by Crippen LogP contribution is 2.41. The summed E-state index contributed by atoms with van der Waals surface area (Å²) in [6.07, 6.45) is 7.64. The maximum Gasteiger partial charge on any atom is 0.214 e. The van der Waals surface area contributed by atoms with Gasteiger partial charge >= 0.3 is 0 Å². The summed E-state index contributed by atoms with van der Waals surface area (Å²) in [5.74, 6) is 1.43. The molecule has 2 N–H and O–H groups in total. The van der Waals surface area contributed by atoms with Crippen molar-refractivity contribution in [2.24, 2.45) is 5.92 Å². The number of nitrogens with zero attached hydrogens (tertiary/aromatic N) is 4. The molecule has 2 aliphatic rings. The second-order valence-corrected chi connectivity index (χ2v) is 10.00. The molecule has 4 atom stereocenters. The van der Waals surface area contributed by atoms with Crippen molar-refractivity contribution < 1.29 is 13.2 Å². The molecular formula is C19H26N6O3S. The molecule has 29 heavy (non-hydrogen) atoms. The Morgan fingerprint density at radius 1 is 1.34 bits per heavy atom. The van der Waals surface area contributed by atoms with E-state index in [1.165, 1.54) is 0 Å². The van der Waals surface area contributed by atoms with Crippen LogP contribution in [0.5, 0.6) is 0 Å². The van der Waals surface area contributed by atoms with Gasteiger partial charge in [-0.2, -0.15) is 0 Å². The Labute approximate surface area is 169 Å². The number of hydrogen-bond donors (Lipinski definition) is 2. The minimum absolute atomic E-state index is 0.0501. The summed E-state index contributed by atoms with van der Waals surface area (Å²) in [5.41, 5.74) is 2.45. The van der Waals surface area contributed by atoms with Gasteiger partial charge in [-0.15, -0.1) is 10.2 Å². The van der Waals surface area contributed by atoms with Gasteiger partial charge in [-0.25, -0.2) is 18.1 Å². The molecule has 1 unspecified atom stereocenters. The first-order valence-corrected chi connectivity index (χ1v) is 12.0. The van der Waals surface area contributed by atoms with E-state index >= 15 is 0 Å². The molecule has 1 saturated carbocycles. The minimum atomic E-state index is -3.37.